The van der Waals surface area contributed by atoms with Gasteiger partial charge in [0.1, 0.15) is 0 Å². The molecule has 0 saturated carbocycles. The van der Waals surface area contributed by atoms with Gasteiger partial charge in [0.15, 0.2) is 0 Å². The van der Waals surface area contributed by atoms with E-state index in [4.69, 9.17) is 0 Å². The molecular weight excluding hydrogens is 542 g/mol. The van der Waals surface area contributed by atoms with Crippen LogP contribution in [0.4, 0.5) is 0 Å². The first-order valence-corrected chi connectivity index (χ1v) is 10.5. The van der Waals surface area contributed by atoms with Crippen LogP contribution in [0.2, 0.25) is 0 Å². The highest BCUT2D eigenvalue weighted by molar-refractivity contribution is 14.1. The third-order valence-electron chi connectivity index (χ3n) is 3.91. The number of benzene rings is 4. The van der Waals surface area contributed by atoms with E-state index in [2.05, 4.69) is 142 Å². The van der Waals surface area contributed by atoms with E-state index in [9.17, 15) is 0 Å². The second-order valence-electron chi connectivity index (χ2n) is 5.72. The van der Waals surface area contributed by atoms with Gasteiger partial charge >= 0.3 is 0 Å². The van der Waals surface area contributed by atoms with Crippen LogP contribution in [0, 0.1) is 7.14 Å². The highest BCUT2D eigenvalue weighted by Gasteiger charge is 1.99. The molecular formula is C24H18I2. The molecule has 128 valence electrons. The second kappa shape index (κ2) is 9.88. The first kappa shape index (κ1) is 19.1. The van der Waals surface area contributed by atoms with Crippen molar-refractivity contribution in [1.82, 2.24) is 0 Å². The lowest BCUT2D eigenvalue weighted by Gasteiger charge is -2.02. The van der Waals surface area contributed by atoms with Gasteiger partial charge in [-0.25, -0.2) is 0 Å². The van der Waals surface area contributed by atoms with Crippen LogP contribution in [0.5, 0.6) is 0 Å². The monoisotopic (exact) mass is 560 g/mol. The van der Waals surface area contributed by atoms with Crippen LogP contribution in [0.3, 0.4) is 0 Å². The molecule has 0 nitrogen and oxygen atoms in total. The molecule has 26 heavy (non-hydrogen) atoms. The summed E-state index contributed by atoms with van der Waals surface area (Å²) in [4.78, 5) is 0. The minimum absolute atomic E-state index is 1.28. The number of hydrogen-bond acceptors (Lipinski definition) is 0. The van der Waals surface area contributed by atoms with E-state index in [0.717, 1.165) is 0 Å². The Kier molecular flexibility index (Phi) is 7.26. The Bertz CT molecular complexity index is 931. The molecule has 0 spiro atoms. The van der Waals surface area contributed by atoms with Gasteiger partial charge in [0.25, 0.3) is 0 Å². The Morgan fingerprint density at radius 1 is 0.385 bits per heavy atom. The minimum Gasteiger partial charge on any atom is -0.0622 e. The first-order chi connectivity index (χ1) is 12.7. The van der Waals surface area contributed by atoms with Crippen LogP contribution in [0.25, 0.3) is 22.3 Å². The molecule has 4 rings (SSSR count). The molecule has 0 radical (unpaired) electrons. The van der Waals surface area contributed by atoms with Crippen LogP contribution in [0.15, 0.2) is 109 Å². The maximum absolute atomic E-state index is 2.36. The predicted octanol–water partition coefficient (Wildman–Crippen LogP) is 7.92. The van der Waals surface area contributed by atoms with Gasteiger partial charge in [-0.1, -0.05) is 91.0 Å². The summed E-state index contributed by atoms with van der Waals surface area (Å²) in [6, 6.07) is 37.8. The topological polar surface area (TPSA) is 0 Å². The SMILES string of the molecule is Ic1ccc(-c2ccccc2)cc1.Ic1ccccc1-c1ccccc1. The molecule has 0 aliphatic carbocycles. The van der Waals surface area contributed by atoms with Gasteiger partial charge < -0.3 is 0 Å². The molecule has 0 aromatic heterocycles. The summed E-state index contributed by atoms with van der Waals surface area (Å²) in [7, 11) is 0. The van der Waals surface area contributed by atoms with Crippen molar-refractivity contribution in [2.24, 2.45) is 0 Å². The van der Waals surface area contributed by atoms with Gasteiger partial charge in [0, 0.05) is 7.14 Å². The van der Waals surface area contributed by atoms with Gasteiger partial charge in [-0.15, -0.1) is 0 Å². The van der Waals surface area contributed by atoms with E-state index in [1.165, 1.54) is 29.4 Å². The molecule has 0 unspecified atom stereocenters. The zero-order valence-electron chi connectivity index (χ0n) is 14.1. The Morgan fingerprint density at radius 2 is 0.846 bits per heavy atom. The van der Waals surface area contributed by atoms with Gasteiger partial charge in [0.05, 0.1) is 0 Å². The summed E-state index contributed by atoms with van der Waals surface area (Å²) in [6.07, 6.45) is 0. The fourth-order valence-corrected chi connectivity index (χ4v) is 3.64. The normalized spacial score (nSPS) is 9.92. The lowest BCUT2D eigenvalue weighted by Crippen LogP contribution is -1.80. The van der Waals surface area contributed by atoms with Crippen LogP contribution in [-0.2, 0) is 0 Å². The number of halogens is 2. The van der Waals surface area contributed by atoms with E-state index < -0.39 is 0 Å². The lowest BCUT2D eigenvalue weighted by molar-refractivity contribution is 1.58. The van der Waals surface area contributed by atoms with E-state index in [1.54, 1.807) is 0 Å². The molecule has 4 aromatic rings. The smallest absolute Gasteiger partial charge is 0.0208 e. The molecule has 2 heteroatoms. The van der Waals surface area contributed by atoms with Crippen molar-refractivity contribution in [2.45, 2.75) is 0 Å². The second-order valence-corrected chi connectivity index (χ2v) is 8.13. The van der Waals surface area contributed by atoms with Crippen LogP contribution >= 0.6 is 45.2 Å². The third kappa shape index (κ3) is 5.42. The number of hydrogen-bond donors (Lipinski definition) is 0. The maximum Gasteiger partial charge on any atom is 0.0208 e. The number of rotatable bonds is 2. The lowest BCUT2D eigenvalue weighted by atomic mass is 10.1. The van der Waals surface area contributed by atoms with Gasteiger partial charge in [-0.3, -0.25) is 0 Å². The van der Waals surface area contributed by atoms with Crippen LogP contribution in [-0.4, -0.2) is 0 Å². The zero-order valence-corrected chi connectivity index (χ0v) is 18.5. The Balaban J connectivity index is 0.000000151. The molecule has 0 fully saturated rings. The molecule has 0 aliphatic heterocycles. The van der Waals surface area contributed by atoms with Gasteiger partial charge in [-0.05, 0) is 85.6 Å². The molecule has 0 atom stereocenters. The zero-order chi connectivity index (χ0) is 18.2. The van der Waals surface area contributed by atoms with Crippen molar-refractivity contribution in [3.05, 3.63) is 116 Å². The standard InChI is InChI=1S/2C12H9I/c13-12-9-5-4-8-11(12)10-6-2-1-3-7-10;13-12-8-6-11(7-9-12)10-4-2-1-3-5-10/h2*1-9H. The van der Waals surface area contributed by atoms with Gasteiger partial charge in [-0.2, -0.15) is 0 Å². The Morgan fingerprint density at radius 3 is 1.42 bits per heavy atom. The highest BCUT2D eigenvalue weighted by atomic mass is 127. The largest absolute Gasteiger partial charge is 0.0622 e. The fourth-order valence-electron chi connectivity index (χ4n) is 2.59. The van der Waals surface area contributed by atoms with Crippen LogP contribution in [0.1, 0.15) is 0 Å². The van der Waals surface area contributed by atoms with E-state index >= 15 is 0 Å². The summed E-state index contributed by atoms with van der Waals surface area (Å²) >= 11 is 4.68. The van der Waals surface area contributed by atoms with Crippen molar-refractivity contribution >= 4 is 45.2 Å². The molecule has 0 bridgehead atoms. The summed E-state index contributed by atoms with van der Waals surface area (Å²) in [5.74, 6) is 0. The van der Waals surface area contributed by atoms with Crippen molar-refractivity contribution in [1.29, 1.82) is 0 Å². The van der Waals surface area contributed by atoms with E-state index in [-0.39, 0.29) is 0 Å². The van der Waals surface area contributed by atoms with Crippen molar-refractivity contribution in [3.63, 3.8) is 0 Å². The predicted molar refractivity (Wildman–Crippen MR) is 129 cm³/mol. The van der Waals surface area contributed by atoms with Crippen molar-refractivity contribution < 1.29 is 0 Å². The summed E-state index contributed by atoms with van der Waals surface area (Å²) in [5, 5.41) is 0. The third-order valence-corrected chi connectivity index (χ3v) is 5.57. The highest BCUT2D eigenvalue weighted by Crippen LogP contribution is 2.24. The summed E-state index contributed by atoms with van der Waals surface area (Å²) < 4.78 is 2.57. The Hall–Kier alpha value is -1.66. The van der Waals surface area contributed by atoms with E-state index in [1.807, 2.05) is 12.1 Å². The maximum atomic E-state index is 2.36. The summed E-state index contributed by atoms with van der Waals surface area (Å²) in [5.41, 5.74) is 5.15. The molecule has 0 N–H and O–H groups in total. The molecule has 0 saturated heterocycles. The molecule has 4 aromatic carbocycles. The quantitative estimate of drug-likeness (QED) is 0.219. The summed E-state index contributed by atoms with van der Waals surface area (Å²) in [6.45, 7) is 0. The van der Waals surface area contributed by atoms with Crippen molar-refractivity contribution in [3.8, 4) is 22.3 Å². The average molecular weight is 560 g/mol. The first-order valence-electron chi connectivity index (χ1n) is 8.35. The van der Waals surface area contributed by atoms with Gasteiger partial charge in [0.2, 0.25) is 0 Å². The molecule has 0 amide bonds. The average Bonchev–Trinajstić information content (AvgIpc) is 2.71. The Labute approximate surface area is 182 Å². The minimum atomic E-state index is 1.28. The fraction of sp³-hybridized carbons (Fsp3) is 0. The van der Waals surface area contributed by atoms with Crippen molar-refractivity contribution in [2.75, 3.05) is 0 Å². The van der Waals surface area contributed by atoms with Crippen LogP contribution < -0.4 is 0 Å². The molecule has 0 aliphatic rings. The molecule has 0 heterocycles. The van der Waals surface area contributed by atoms with E-state index in [0.29, 0.717) is 0 Å².